The van der Waals surface area contributed by atoms with Crippen LogP contribution >= 0.6 is 0 Å². The molecule has 1 heterocycles. The van der Waals surface area contributed by atoms with E-state index in [1.807, 2.05) is 30.3 Å². The summed E-state index contributed by atoms with van der Waals surface area (Å²) in [4.78, 5) is 14.5. The molecule has 5 nitrogen and oxygen atoms in total. The summed E-state index contributed by atoms with van der Waals surface area (Å²) in [6.07, 6.45) is 3.49. The number of amides is 1. The first kappa shape index (κ1) is 15.7. The molecule has 2 aromatic rings. The molecule has 23 heavy (non-hydrogen) atoms. The molecule has 0 saturated heterocycles. The summed E-state index contributed by atoms with van der Waals surface area (Å²) < 4.78 is 5.02. The van der Waals surface area contributed by atoms with Crippen LogP contribution in [0.2, 0.25) is 0 Å². The van der Waals surface area contributed by atoms with Crippen molar-refractivity contribution in [2.75, 3.05) is 6.54 Å². The van der Waals surface area contributed by atoms with Crippen molar-refractivity contribution >= 4 is 5.91 Å². The van der Waals surface area contributed by atoms with Gasteiger partial charge in [-0.15, -0.1) is 0 Å². The van der Waals surface area contributed by atoms with E-state index in [0.717, 1.165) is 31.2 Å². The summed E-state index contributed by atoms with van der Waals surface area (Å²) in [5.41, 5.74) is 0.533. The van der Waals surface area contributed by atoms with Gasteiger partial charge in [0.25, 0.3) is 5.91 Å². The van der Waals surface area contributed by atoms with Gasteiger partial charge in [-0.05, 0) is 25.3 Å². The van der Waals surface area contributed by atoms with Gasteiger partial charge in [-0.1, -0.05) is 48.3 Å². The SMILES string of the molecule is Cc1cc(C(=O)N(Cc2ccccc2)CC2(O)CCCC2)no1. The second-order valence-electron chi connectivity index (χ2n) is 6.40. The minimum atomic E-state index is -0.788. The Morgan fingerprint density at radius 3 is 2.61 bits per heavy atom. The van der Waals surface area contributed by atoms with Crippen LogP contribution in [0, 0.1) is 6.92 Å². The molecule has 0 atom stereocenters. The lowest BCUT2D eigenvalue weighted by Crippen LogP contribution is -2.43. The van der Waals surface area contributed by atoms with E-state index in [-0.39, 0.29) is 5.91 Å². The topological polar surface area (TPSA) is 66.6 Å². The fourth-order valence-corrected chi connectivity index (χ4v) is 3.18. The number of hydrogen-bond donors (Lipinski definition) is 1. The molecule has 1 N–H and O–H groups in total. The Labute approximate surface area is 135 Å². The number of carbonyl (C=O) groups excluding carboxylic acids is 1. The van der Waals surface area contributed by atoms with Gasteiger partial charge in [0.05, 0.1) is 12.1 Å². The number of hydrogen-bond acceptors (Lipinski definition) is 4. The van der Waals surface area contributed by atoms with E-state index < -0.39 is 5.60 Å². The molecule has 0 radical (unpaired) electrons. The molecule has 1 amide bonds. The maximum Gasteiger partial charge on any atom is 0.276 e. The van der Waals surface area contributed by atoms with Crippen LogP contribution in [-0.2, 0) is 6.54 Å². The highest BCUT2D eigenvalue weighted by Crippen LogP contribution is 2.31. The zero-order valence-corrected chi connectivity index (χ0v) is 13.4. The first-order valence-corrected chi connectivity index (χ1v) is 8.05. The Morgan fingerprint density at radius 2 is 2.00 bits per heavy atom. The minimum absolute atomic E-state index is 0.203. The molecular formula is C18H22N2O3. The van der Waals surface area contributed by atoms with Crippen LogP contribution < -0.4 is 0 Å². The Hall–Kier alpha value is -2.14. The molecule has 1 aliphatic carbocycles. The third-order valence-electron chi connectivity index (χ3n) is 4.37. The van der Waals surface area contributed by atoms with E-state index in [2.05, 4.69) is 5.16 Å². The molecular weight excluding hydrogens is 292 g/mol. The average molecular weight is 314 g/mol. The molecule has 1 saturated carbocycles. The van der Waals surface area contributed by atoms with Gasteiger partial charge in [0.15, 0.2) is 5.69 Å². The number of aromatic nitrogens is 1. The van der Waals surface area contributed by atoms with E-state index in [9.17, 15) is 9.90 Å². The third kappa shape index (κ3) is 3.79. The molecule has 0 spiro atoms. The second kappa shape index (κ2) is 6.54. The first-order valence-electron chi connectivity index (χ1n) is 8.05. The van der Waals surface area contributed by atoms with Gasteiger partial charge in [-0.2, -0.15) is 0 Å². The standard InChI is InChI=1S/C18H22N2O3/c1-14-11-16(19-23-14)17(21)20(12-15-7-3-2-4-8-15)13-18(22)9-5-6-10-18/h2-4,7-8,11,22H,5-6,9-10,12-13H2,1H3. The summed E-state index contributed by atoms with van der Waals surface area (Å²) in [5, 5.41) is 14.5. The molecule has 122 valence electrons. The van der Waals surface area contributed by atoms with E-state index >= 15 is 0 Å². The number of benzene rings is 1. The van der Waals surface area contributed by atoms with Crippen molar-refractivity contribution in [2.45, 2.75) is 44.8 Å². The number of rotatable bonds is 5. The fourth-order valence-electron chi connectivity index (χ4n) is 3.18. The lowest BCUT2D eigenvalue weighted by atomic mass is 10.0. The Bertz CT molecular complexity index is 660. The number of nitrogens with zero attached hydrogens (tertiary/aromatic N) is 2. The van der Waals surface area contributed by atoms with Gasteiger partial charge in [0, 0.05) is 12.6 Å². The van der Waals surface area contributed by atoms with Gasteiger partial charge in [-0.3, -0.25) is 4.79 Å². The predicted molar refractivity (Wildman–Crippen MR) is 85.8 cm³/mol. The summed E-state index contributed by atoms with van der Waals surface area (Å²) in [6.45, 7) is 2.54. The van der Waals surface area contributed by atoms with Crippen LogP contribution in [0.3, 0.4) is 0 Å². The quantitative estimate of drug-likeness (QED) is 0.921. The van der Waals surface area contributed by atoms with Crippen LogP contribution in [-0.4, -0.2) is 33.2 Å². The van der Waals surface area contributed by atoms with Crippen molar-refractivity contribution in [1.82, 2.24) is 10.1 Å². The molecule has 1 aromatic heterocycles. The number of aryl methyl sites for hydroxylation is 1. The van der Waals surface area contributed by atoms with Crippen molar-refractivity contribution in [1.29, 1.82) is 0 Å². The number of aliphatic hydroxyl groups is 1. The zero-order chi connectivity index (χ0) is 16.3. The second-order valence-corrected chi connectivity index (χ2v) is 6.40. The van der Waals surface area contributed by atoms with E-state index in [1.165, 1.54) is 0 Å². The van der Waals surface area contributed by atoms with Crippen LogP contribution in [0.5, 0.6) is 0 Å². The van der Waals surface area contributed by atoms with Crippen LogP contribution in [0.1, 0.15) is 47.5 Å². The Kier molecular flexibility index (Phi) is 4.48. The highest BCUT2D eigenvalue weighted by molar-refractivity contribution is 5.92. The zero-order valence-electron chi connectivity index (χ0n) is 13.4. The molecule has 0 unspecified atom stereocenters. The van der Waals surface area contributed by atoms with Crippen molar-refractivity contribution in [2.24, 2.45) is 0 Å². The predicted octanol–water partition coefficient (Wildman–Crippen LogP) is 2.93. The normalized spacial score (nSPS) is 16.4. The molecule has 0 bridgehead atoms. The molecule has 3 rings (SSSR count). The number of carbonyl (C=O) groups is 1. The largest absolute Gasteiger partial charge is 0.388 e. The van der Waals surface area contributed by atoms with Crippen molar-refractivity contribution in [3.63, 3.8) is 0 Å². The highest BCUT2D eigenvalue weighted by Gasteiger charge is 2.35. The molecule has 1 fully saturated rings. The Balaban J connectivity index is 1.81. The van der Waals surface area contributed by atoms with Crippen molar-refractivity contribution < 1.29 is 14.4 Å². The highest BCUT2D eigenvalue weighted by atomic mass is 16.5. The summed E-state index contributed by atoms with van der Waals surface area (Å²) in [5.74, 6) is 0.401. The van der Waals surface area contributed by atoms with E-state index in [4.69, 9.17) is 4.52 Å². The molecule has 0 aliphatic heterocycles. The van der Waals surface area contributed by atoms with Crippen molar-refractivity contribution in [3.05, 3.63) is 53.4 Å². The van der Waals surface area contributed by atoms with E-state index in [0.29, 0.717) is 24.5 Å². The fraction of sp³-hybridized carbons (Fsp3) is 0.444. The maximum atomic E-state index is 12.8. The molecule has 1 aliphatic rings. The Morgan fingerprint density at radius 1 is 1.30 bits per heavy atom. The van der Waals surface area contributed by atoms with Crippen LogP contribution in [0.15, 0.2) is 40.9 Å². The summed E-state index contributed by atoms with van der Waals surface area (Å²) >= 11 is 0. The van der Waals surface area contributed by atoms with Gasteiger partial charge < -0.3 is 14.5 Å². The maximum absolute atomic E-state index is 12.8. The summed E-state index contributed by atoms with van der Waals surface area (Å²) in [7, 11) is 0. The van der Waals surface area contributed by atoms with Gasteiger partial charge in [-0.25, -0.2) is 0 Å². The first-order chi connectivity index (χ1) is 11.1. The van der Waals surface area contributed by atoms with Crippen LogP contribution in [0.4, 0.5) is 0 Å². The molecule has 1 aromatic carbocycles. The monoisotopic (exact) mass is 314 g/mol. The third-order valence-corrected chi connectivity index (χ3v) is 4.37. The van der Waals surface area contributed by atoms with E-state index in [1.54, 1.807) is 17.9 Å². The summed E-state index contributed by atoms with van der Waals surface area (Å²) in [6, 6.07) is 11.4. The minimum Gasteiger partial charge on any atom is -0.388 e. The van der Waals surface area contributed by atoms with Gasteiger partial charge in [0.2, 0.25) is 0 Å². The van der Waals surface area contributed by atoms with Crippen molar-refractivity contribution in [3.8, 4) is 0 Å². The smallest absolute Gasteiger partial charge is 0.276 e. The van der Waals surface area contributed by atoms with Crippen LogP contribution in [0.25, 0.3) is 0 Å². The average Bonchev–Trinajstić information content (AvgIpc) is 3.16. The lowest BCUT2D eigenvalue weighted by Gasteiger charge is -2.31. The lowest BCUT2D eigenvalue weighted by molar-refractivity contribution is 0.00749. The molecule has 5 heteroatoms. The van der Waals surface area contributed by atoms with Gasteiger partial charge in [0.1, 0.15) is 5.76 Å². The van der Waals surface area contributed by atoms with Gasteiger partial charge >= 0.3 is 0 Å².